The second-order valence-electron chi connectivity index (χ2n) is 1.39. The van der Waals surface area contributed by atoms with Crippen LogP contribution in [0.15, 0.2) is 17.9 Å². The summed E-state index contributed by atoms with van der Waals surface area (Å²) in [5, 5.41) is 1.18. The average molecular weight is 160 g/mol. The highest BCUT2D eigenvalue weighted by Crippen LogP contribution is 2.16. The lowest BCUT2D eigenvalue weighted by molar-refractivity contribution is 2.00. The van der Waals surface area contributed by atoms with Crippen molar-refractivity contribution < 1.29 is 0 Å². The quantitative estimate of drug-likeness (QED) is 0.486. The van der Waals surface area contributed by atoms with Gasteiger partial charge in [-0.25, -0.2) is 0 Å². The largest absolute Gasteiger partial charge is 0.131 e. The molecule has 0 saturated carbocycles. The van der Waals surface area contributed by atoms with E-state index in [2.05, 4.69) is 18.4 Å². The van der Waals surface area contributed by atoms with Gasteiger partial charge in [0, 0.05) is 5.30 Å². The number of thiocarbonyl (C=S) groups is 1. The zero-order valence-corrected chi connectivity index (χ0v) is 6.80. The van der Waals surface area contributed by atoms with E-state index in [9.17, 15) is 0 Å². The molecule has 0 nitrogen and oxygen atoms in total. The van der Waals surface area contributed by atoms with Gasteiger partial charge in [0.05, 0.1) is 4.20 Å². The number of thiol groups is 1. The number of hydrogen-bond acceptors (Lipinski definition) is 1. The minimum atomic E-state index is 0.730. The third kappa shape index (κ3) is 1.35. The molecule has 0 aliphatic carbocycles. The van der Waals surface area contributed by atoms with Gasteiger partial charge in [-0.1, -0.05) is 18.3 Å². The van der Waals surface area contributed by atoms with E-state index in [1.165, 1.54) is 5.30 Å². The summed E-state index contributed by atoms with van der Waals surface area (Å²) in [5.41, 5.74) is 0. The molecule has 0 N–H and O–H groups in total. The van der Waals surface area contributed by atoms with Crippen LogP contribution < -0.4 is 0 Å². The Kier molecular flexibility index (Phi) is 2.12. The van der Waals surface area contributed by atoms with Gasteiger partial charge in [0.15, 0.2) is 0 Å². The maximum Gasteiger partial charge on any atom is 0.0784 e. The van der Waals surface area contributed by atoms with Crippen molar-refractivity contribution in [2.75, 3.05) is 0 Å². The summed E-state index contributed by atoms with van der Waals surface area (Å²) in [7, 11) is 0.743. The minimum absolute atomic E-state index is 0.730. The van der Waals surface area contributed by atoms with E-state index in [-0.39, 0.29) is 0 Å². The van der Waals surface area contributed by atoms with Gasteiger partial charge in [-0.2, -0.15) is 0 Å². The van der Waals surface area contributed by atoms with Crippen LogP contribution in [0.1, 0.15) is 5.30 Å². The molecule has 0 saturated heterocycles. The molecular formula is C5H5PS2. The Bertz CT molecular complexity index is 178. The molecule has 0 fully saturated rings. The summed E-state index contributed by atoms with van der Waals surface area (Å²) in [4.78, 5) is 0. The molecule has 1 aromatic heterocycles. The molecule has 0 amide bonds. The van der Waals surface area contributed by atoms with Crippen molar-refractivity contribution in [2.24, 2.45) is 0 Å². The second-order valence-corrected chi connectivity index (χ2v) is 3.71. The molecule has 1 rings (SSSR count). The first kappa shape index (κ1) is 6.34. The van der Waals surface area contributed by atoms with Gasteiger partial charge >= 0.3 is 0 Å². The third-order valence-electron chi connectivity index (χ3n) is 0.828. The maximum absolute atomic E-state index is 4.82. The van der Waals surface area contributed by atoms with Gasteiger partial charge in [-0.15, -0.1) is 20.8 Å². The summed E-state index contributed by atoms with van der Waals surface area (Å²) in [5.74, 6) is 2.10. The number of rotatable bonds is 1. The third-order valence-corrected chi connectivity index (χ3v) is 2.77. The topological polar surface area (TPSA) is 0 Å². The monoisotopic (exact) mass is 160 g/mol. The van der Waals surface area contributed by atoms with Crippen molar-refractivity contribution in [3.05, 3.63) is 23.2 Å². The van der Waals surface area contributed by atoms with Crippen LogP contribution in [-0.2, 0) is 0 Å². The summed E-state index contributed by atoms with van der Waals surface area (Å²) in [6.45, 7) is 0. The van der Waals surface area contributed by atoms with E-state index in [0.29, 0.717) is 0 Å². The summed E-state index contributed by atoms with van der Waals surface area (Å²) >= 11 is 8.84. The zero-order valence-electron chi connectivity index (χ0n) is 4.09. The summed E-state index contributed by atoms with van der Waals surface area (Å²) in [6.07, 6.45) is 0. The zero-order chi connectivity index (χ0) is 5.98. The fraction of sp³-hybridized carbons (Fsp3) is 0. The fourth-order valence-electron chi connectivity index (χ4n) is 0.463. The van der Waals surface area contributed by atoms with Gasteiger partial charge < -0.3 is 0 Å². The molecule has 1 aromatic rings. The molecule has 3 heteroatoms. The Labute approximate surface area is 60.8 Å². The van der Waals surface area contributed by atoms with Crippen molar-refractivity contribution >= 4 is 37.2 Å². The first-order valence-corrected chi connectivity index (χ1v) is 4.10. The maximum atomic E-state index is 4.82. The molecule has 0 aromatic carbocycles. The Hall–Kier alpha value is 0.220. The van der Waals surface area contributed by atoms with E-state index >= 15 is 0 Å². The van der Waals surface area contributed by atoms with Crippen molar-refractivity contribution in [3.63, 3.8) is 0 Å². The second kappa shape index (κ2) is 2.67. The normalized spacial score (nSPS) is 10.1. The van der Waals surface area contributed by atoms with Crippen molar-refractivity contribution in [3.8, 4) is 0 Å². The molecule has 0 spiro atoms. The average Bonchev–Trinajstić information content (AvgIpc) is 2.12. The standard InChI is InChI=1S/C5H5PS2/c7-5(8)4-2-1-3-6-4/h1-3,6H,(H,7,8). The van der Waals surface area contributed by atoms with Gasteiger partial charge in [0.1, 0.15) is 0 Å². The summed E-state index contributed by atoms with van der Waals surface area (Å²) in [6, 6.07) is 4.02. The Morgan fingerprint density at radius 1 is 1.75 bits per heavy atom. The van der Waals surface area contributed by atoms with Crippen molar-refractivity contribution in [1.29, 1.82) is 0 Å². The molecule has 0 aliphatic heterocycles. The molecule has 8 heavy (non-hydrogen) atoms. The van der Waals surface area contributed by atoms with E-state index in [4.69, 9.17) is 12.2 Å². The molecule has 1 heterocycles. The molecule has 0 aliphatic rings. The lowest BCUT2D eigenvalue weighted by Gasteiger charge is -1.84. The van der Waals surface area contributed by atoms with Crippen LogP contribution in [0.25, 0.3) is 0 Å². The van der Waals surface area contributed by atoms with Crippen molar-refractivity contribution in [1.82, 2.24) is 0 Å². The minimum Gasteiger partial charge on any atom is -0.131 e. The van der Waals surface area contributed by atoms with Gasteiger partial charge in [-0.3, -0.25) is 0 Å². The van der Waals surface area contributed by atoms with E-state index in [1.807, 2.05) is 12.1 Å². The van der Waals surface area contributed by atoms with Gasteiger partial charge in [-0.05, 0) is 11.9 Å². The van der Waals surface area contributed by atoms with Crippen LogP contribution >= 0.6 is 33.0 Å². The van der Waals surface area contributed by atoms with Crippen LogP contribution in [-0.4, -0.2) is 4.20 Å². The van der Waals surface area contributed by atoms with E-state index in [1.54, 1.807) is 0 Å². The lowest BCUT2D eigenvalue weighted by Crippen LogP contribution is -1.74. The smallest absolute Gasteiger partial charge is 0.0784 e. The Morgan fingerprint density at radius 3 is 2.75 bits per heavy atom. The molecular weight excluding hydrogens is 155 g/mol. The van der Waals surface area contributed by atoms with Crippen LogP contribution in [0.3, 0.4) is 0 Å². The summed E-state index contributed by atoms with van der Waals surface area (Å²) < 4.78 is 0.730. The van der Waals surface area contributed by atoms with E-state index in [0.717, 1.165) is 12.4 Å². The number of hydrogen-bond donors (Lipinski definition) is 1. The van der Waals surface area contributed by atoms with Crippen LogP contribution in [0.5, 0.6) is 0 Å². The highest BCUT2D eigenvalue weighted by molar-refractivity contribution is 8.12. The van der Waals surface area contributed by atoms with Crippen LogP contribution in [0.4, 0.5) is 0 Å². The predicted molar refractivity (Wildman–Crippen MR) is 46.6 cm³/mol. The predicted octanol–water partition coefficient (Wildman–Crippen LogP) is 2.32. The molecule has 1 unspecified atom stereocenters. The molecule has 0 bridgehead atoms. The molecule has 1 atom stereocenters. The van der Waals surface area contributed by atoms with Crippen LogP contribution in [0, 0.1) is 0 Å². The Balaban J connectivity index is 2.93. The highest BCUT2D eigenvalue weighted by Gasteiger charge is 1.90. The first-order chi connectivity index (χ1) is 3.80. The van der Waals surface area contributed by atoms with Crippen LogP contribution in [0.2, 0.25) is 0 Å². The molecule has 42 valence electrons. The first-order valence-electron chi connectivity index (χ1n) is 2.17. The lowest BCUT2D eigenvalue weighted by atomic mass is 10.5. The fourth-order valence-corrected chi connectivity index (χ4v) is 1.66. The van der Waals surface area contributed by atoms with Gasteiger partial charge in [0.25, 0.3) is 0 Å². The highest BCUT2D eigenvalue weighted by atomic mass is 32.1. The SMILES string of the molecule is S=C(S)c1ccc[pH]1. The molecule has 0 radical (unpaired) electrons. The van der Waals surface area contributed by atoms with Crippen molar-refractivity contribution in [2.45, 2.75) is 0 Å². The Morgan fingerprint density at radius 2 is 2.50 bits per heavy atom. The van der Waals surface area contributed by atoms with Gasteiger partial charge in [0.2, 0.25) is 0 Å². The van der Waals surface area contributed by atoms with E-state index < -0.39 is 0 Å².